The maximum Gasteiger partial charge on any atom is 0.243 e. The minimum Gasteiger partial charge on any atom is -0.493 e. The molecule has 2 N–H and O–H groups in total. The molecule has 2 aromatic carbocycles. The first-order chi connectivity index (χ1) is 10.3. The minimum atomic E-state index is -0.0679. The number of hydrogen-bond acceptors (Lipinski definition) is 4. The average molecular weight is 284 g/mol. The van der Waals surface area contributed by atoms with Gasteiger partial charge < -0.3 is 20.1 Å². The van der Waals surface area contributed by atoms with Gasteiger partial charge >= 0.3 is 0 Å². The van der Waals surface area contributed by atoms with Crippen molar-refractivity contribution in [1.29, 1.82) is 0 Å². The van der Waals surface area contributed by atoms with Gasteiger partial charge in [0.25, 0.3) is 0 Å². The Morgan fingerprint density at radius 2 is 1.86 bits per heavy atom. The summed E-state index contributed by atoms with van der Waals surface area (Å²) in [5.74, 6) is 1.17. The number of benzene rings is 2. The van der Waals surface area contributed by atoms with Crippen LogP contribution in [0.4, 0.5) is 11.4 Å². The summed E-state index contributed by atoms with van der Waals surface area (Å²) in [7, 11) is 1.60. The maximum absolute atomic E-state index is 11.4. The number of amides is 1. The summed E-state index contributed by atoms with van der Waals surface area (Å²) in [5.41, 5.74) is 2.60. The first kappa shape index (κ1) is 13.3. The second-order valence-electron chi connectivity index (χ2n) is 4.72. The van der Waals surface area contributed by atoms with Gasteiger partial charge in [-0.2, -0.15) is 0 Å². The predicted octanol–water partition coefficient (Wildman–Crippen LogP) is 2.64. The molecule has 5 nitrogen and oxygen atoms in total. The summed E-state index contributed by atoms with van der Waals surface area (Å²) in [6, 6.07) is 13.5. The number of fused-ring (bicyclic) bond motifs is 1. The first-order valence-corrected chi connectivity index (χ1v) is 6.69. The zero-order valence-corrected chi connectivity index (χ0v) is 11.7. The molecule has 1 heterocycles. The van der Waals surface area contributed by atoms with Crippen LogP contribution in [-0.4, -0.2) is 19.6 Å². The zero-order valence-electron chi connectivity index (χ0n) is 11.7. The number of carbonyl (C=O) groups excluding carboxylic acids is 1. The lowest BCUT2D eigenvalue weighted by atomic mass is 10.2. The molecule has 2 aromatic rings. The fourth-order valence-electron chi connectivity index (χ4n) is 2.19. The third kappa shape index (κ3) is 2.91. The maximum atomic E-state index is 11.4. The van der Waals surface area contributed by atoms with Gasteiger partial charge in [-0.05, 0) is 5.56 Å². The van der Waals surface area contributed by atoms with E-state index in [0.717, 1.165) is 11.3 Å². The van der Waals surface area contributed by atoms with E-state index in [9.17, 15) is 4.79 Å². The Kier molecular flexibility index (Phi) is 3.64. The molecule has 1 aliphatic rings. The van der Waals surface area contributed by atoms with E-state index in [0.29, 0.717) is 23.8 Å². The zero-order chi connectivity index (χ0) is 14.7. The van der Waals surface area contributed by atoms with Gasteiger partial charge in [0.2, 0.25) is 5.91 Å². The smallest absolute Gasteiger partial charge is 0.243 e. The molecule has 0 bridgehead atoms. The van der Waals surface area contributed by atoms with E-state index in [1.807, 2.05) is 36.4 Å². The Balaban J connectivity index is 1.83. The highest BCUT2D eigenvalue weighted by Crippen LogP contribution is 2.38. The molecule has 0 atom stereocenters. The molecule has 0 radical (unpaired) electrons. The van der Waals surface area contributed by atoms with E-state index < -0.39 is 0 Å². The summed E-state index contributed by atoms with van der Waals surface area (Å²) in [4.78, 5) is 11.4. The highest BCUT2D eigenvalue weighted by atomic mass is 16.5. The Labute approximate surface area is 122 Å². The van der Waals surface area contributed by atoms with Crippen LogP contribution in [0.5, 0.6) is 11.5 Å². The minimum absolute atomic E-state index is 0.0679. The lowest BCUT2D eigenvalue weighted by Crippen LogP contribution is -2.27. The number of nitrogens with one attached hydrogen (secondary N) is 2. The number of rotatable bonds is 4. The Morgan fingerprint density at radius 3 is 2.62 bits per heavy atom. The van der Waals surface area contributed by atoms with Crippen molar-refractivity contribution in [2.24, 2.45) is 0 Å². The molecule has 0 spiro atoms. The van der Waals surface area contributed by atoms with Crippen LogP contribution in [0.25, 0.3) is 0 Å². The van der Waals surface area contributed by atoms with Crippen molar-refractivity contribution < 1.29 is 14.3 Å². The topological polar surface area (TPSA) is 59.6 Å². The lowest BCUT2D eigenvalue weighted by Gasteiger charge is -2.21. The molecule has 0 unspecified atom stereocenters. The highest BCUT2D eigenvalue weighted by molar-refractivity contribution is 6.01. The molecule has 3 rings (SSSR count). The van der Waals surface area contributed by atoms with Crippen LogP contribution in [0.2, 0.25) is 0 Å². The Bertz CT molecular complexity index is 656. The number of hydrogen-bond donors (Lipinski definition) is 2. The third-order valence-corrected chi connectivity index (χ3v) is 3.25. The Hall–Kier alpha value is -2.69. The molecule has 0 saturated carbocycles. The number of methoxy groups -OCH3 is 1. The van der Waals surface area contributed by atoms with Crippen molar-refractivity contribution in [2.45, 2.75) is 6.61 Å². The van der Waals surface area contributed by atoms with Crippen LogP contribution in [0.1, 0.15) is 5.56 Å². The standard InChI is InChI=1S/C16H16N2O3/c1-20-14-7-12-13(18-16(19)9-17-12)8-15(14)21-10-11-5-3-2-4-6-11/h2-8,17H,9-10H2,1H3,(H,18,19). The molecular formula is C16H16N2O3. The van der Waals surface area contributed by atoms with E-state index >= 15 is 0 Å². The van der Waals surface area contributed by atoms with Crippen molar-refractivity contribution in [3.05, 3.63) is 48.0 Å². The van der Waals surface area contributed by atoms with Crippen molar-refractivity contribution in [3.8, 4) is 11.5 Å². The monoisotopic (exact) mass is 284 g/mol. The third-order valence-electron chi connectivity index (χ3n) is 3.25. The van der Waals surface area contributed by atoms with E-state index in [2.05, 4.69) is 10.6 Å². The lowest BCUT2D eigenvalue weighted by molar-refractivity contribution is -0.114. The molecule has 1 amide bonds. The van der Waals surface area contributed by atoms with Crippen LogP contribution >= 0.6 is 0 Å². The fraction of sp³-hybridized carbons (Fsp3) is 0.188. The van der Waals surface area contributed by atoms with E-state index in [1.165, 1.54) is 0 Å². The molecule has 1 aliphatic heterocycles. The summed E-state index contributed by atoms with van der Waals surface area (Å²) in [6.07, 6.45) is 0. The Morgan fingerprint density at radius 1 is 1.10 bits per heavy atom. The van der Waals surface area contributed by atoms with Gasteiger partial charge in [0, 0.05) is 12.1 Å². The SMILES string of the molecule is COc1cc2c(cc1OCc1ccccc1)NC(=O)CN2. The average Bonchev–Trinajstić information content (AvgIpc) is 2.53. The van der Waals surface area contributed by atoms with Crippen LogP contribution in [0, 0.1) is 0 Å². The van der Waals surface area contributed by atoms with Crippen LogP contribution in [0.15, 0.2) is 42.5 Å². The molecule has 0 aromatic heterocycles. The van der Waals surface area contributed by atoms with Crippen molar-refractivity contribution in [1.82, 2.24) is 0 Å². The van der Waals surface area contributed by atoms with Gasteiger partial charge in [-0.15, -0.1) is 0 Å². The van der Waals surface area contributed by atoms with Crippen LogP contribution in [-0.2, 0) is 11.4 Å². The predicted molar refractivity (Wildman–Crippen MR) is 80.9 cm³/mol. The molecule has 5 heteroatoms. The molecule has 108 valence electrons. The summed E-state index contributed by atoms with van der Waals surface area (Å²) in [6.45, 7) is 0.706. The molecule has 0 fully saturated rings. The number of ether oxygens (including phenoxy) is 2. The number of anilines is 2. The van der Waals surface area contributed by atoms with Gasteiger partial charge in [0.15, 0.2) is 11.5 Å². The normalized spacial score (nSPS) is 12.9. The number of carbonyl (C=O) groups is 1. The second-order valence-corrected chi connectivity index (χ2v) is 4.72. The van der Waals surface area contributed by atoms with Crippen molar-refractivity contribution >= 4 is 17.3 Å². The molecule has 0 aliphatic carbocycles. The van der Waals surface area contributed by atoms with Gasteiger partial charge in [0.1, 0.15) is 6.61 Å². The highest BCUT2D eigenvalue weighted by Gasteiger charge is 2.18. The van der Waals surface area contributed by atoms with E-state index in [1.54, 1.807) is 13.2 Å². The summed E-state index contributed by atoms with van der Waals surface area (Å²) >= 11 is 0. The summed E-state index contributed by atoms with van der Waals surface area (Å²) < 4.78 is 11.2. The summed E-state index contributed by atoms with van der Waals surface area (Å²) in [5, 5.41) is 5.85. The van der Waals surface area contributed by atoms with Crippen molar-refractivity contribution in [2.75, 3.05) is 24.3 Å². The van der Waals surface area contributed by atoms with Gasteiger partial charge in [-0.1, -0.05) is 30.3 Å². The van der Waals surface area contributed by atoms with Gasteiger partial charge in [0.05, 0.1) is 25.0 Å². The van der Waals surface area contributed by atoms with Crippen molar-refractivity contribution in [3.63, 3.8) is 0 Å². The van der Waals surface area contributed by atoms with Crippen LogP contribution < -0.4 is 20.1 Å². The quantitative estimate of drug-likeness (QED) is 0.906. The van der Waals surface area contributed by atoms with E-state index in [4.69, 9.17) is 9.47 Å². The second kappa shape index (κ2) is 5.75. The van der Waals surface area contributed by atoms with Crippen LogP contribution in [0.3, 0.4) is 0 Å². The molecule has 21 heavy (non-hydrogen) atoms. The van der Waals surface area contributed by atoms with E-state index in [-0.39, 0.29) is 12.5 Å². The van der Waals surface area contributed by atoms with Gasteiger partial charge in [-0.3, -0.25) is 4.79 Å². The molecular weight excluding hydrogens is 268 g/mol. The largest absolute Gasteiger partial charge is 0.493 e. The first-order valence-electron chi connectivity index (χ1n) is 6.69. The molecule has 0 saturated heterocycles. The fourth-order valence-corrected chi connectivity index (χ4v) is 2.19. The van der Waals surface area contributed by atoms with Gasteiger partial charge in [-0.25, -0.2) is 0 Å².